The van der Waals surface area contributed by atoms with Crippen molar-refractivity contribution in [2.24, 2.45) is 23.5 Å². The number of methoxy groups -OCH3 is 2. The van der Waals surface area contributed by atoms with Crippen LogP contribution in [-0.4, -0.2) is 169 Å². The Balaban J connectivity index is 0.000000156. The summed E-state index contributed by atoms with van der Waals surface area (Å²) in [5.74, 6) is 1.51. The van der Waals surface area contributed by atoms with Gasteiger partial charge in [-0.3, -0.25) is 4.79 Å². The first kappa shape index (κ1) is 98.7. The molecule has 25 heteroatoms. The van der Waals surface area contributed by atoms with Crippen LogP contribution in [-0.2, 0) is 28.7 Å². The number of piperidine rings is 4. The van der Waals surface area contributed by atoms with E-state index >= 15 is 0 Å². The number of para-hydroxylation sites is 4. The summed E-state index contributed by atoms with van der Waals surface area (Å²) in [4.78, 5) is 72.0. The molecule has 6 aliphatic heterocycles. The number of carboxylic acids is 1. The third kappa shape index (κ3) is 27.6. The van der Waals surface area contributed by atoms with Crippen molar-refractivity contribution in [3.05, 3.63) is 302 Å². The summed E-state index contributed by atoms with van der Waals surface area (Å²) in [6.07, 6.45) is 14.3. The predicted octanol–water partition coefficient (Wildman–Crippen LogP) is 22.0. The van der Waals surface area contributed by atoms with E-state index < -0.39 is 5.97 Å². The number of carbonyl (C=O) groups is 4. The summed E-state index contributed by atoms with van der Waals surface area (Å²) in [6.45, 7) is 30.6. The lowest BCUT2D eigenvalue weighted by atomic mass is 9.87. The fourth-order valence-electron chi connectivity index (χ4n) is 17.7. The molecule has 0 saturated carbocycles. The molecule has 6 saturated heterocycles. The number of carboxylic acid groups (broad SMARTS) is 1. The molecule has 0 unspecified atom stereocenters. The second kappa shape index (κ2) is 48.2. The van der Waals surface area contributed by atoms with E-state index in [1.165, 1.54) is 72.1 Å². The number of ether oxygens (including phenoxy) is 2. The molecule has 2 aromatic heterocycles. The summed E-state index contributed by atoms with van der Waals surface area (Å²) in [5.41, 5.74) is 25.2. The lowest BCUT2D eigenvalue weighted by Gasteiger charge is -2.36. The van der Waals surface area contributed by atoms with E-state index in [2.05, 4.69) is 129 Å². The Morgan fingerprint density at radius 3 is 1.05 bits per heavy atom. The van der Waals surface area contributed by atoms with E-state index in [4.69, 9.17) is 56.9 Å². The van der Waals surface area contributed by atoms with Crippen LogP contribution in [0.15, 0.2) is 187 Å². The van der Waals surface area contributed by atoms with E-state index in [9.17, 15) is 33.1 Å². The average Bonchev–Trinajstić information content (AvgIpc) is 0.811. The van der Waals surface area contributed by atoms with Crippen molar-refractivity contribution in [1.29, 1.82) is 0 Å². The zero-order valence-electron chi connectivity index (χ0n) is 75.4. The third-order valence-corrected chi connectivity index (χ3v) is 27.4. The molecular weight excluding hydrogens is 1760 g/mol. The quantitative estimate of drug-likeness (QED) is 0.0773. The number of amides is 1. The number of aryl methyl sites for hydroxylation is 8. The standard InChI is InChI=1S/C30H34ClFN4O.C22H26ClNO2.C21H24ClNO2.C11H15ClN2.C10H11BrO2.C9H12FN3/c1-21-17-22(2)26(30(37)36-15-13-35(14-16-36)29-8-7-25(32)20-33-29)19-24(21)18-23-9-11-34(12-10-23)28-6-4-3-5-27(28)31;1-15-12-16(2)19(22(25)26-3)14-18(15)13-17-8-10-24(11-9-17)21-7-5-4-6-20(21)23;1-14-11-15(2)18(21(24)25)13-17(14)12-16-7-9-23(10-8-16)20-6-4-3-5-19(20)22;12-10-3-1-2-4-11(10)14-7-5-9(13)6-8-14;1-6-4-7(2)9(11)5-8(6)10(12)13-3;10-8-1-2-9(12-7-8)13-5-3-11-4-6-13/h3-8,17,19-20,23H,9-16,18H2,1-2H3;4-7,12,14,17H,8-11,13H2,1-3H3;3-6,11,13,16H,7-10,12H2,1-2H3,(H,24,25);1-4,9H,5-8,13H2;4-5H,1-3H3;1-2,7,11H,3-6H2. The highest BCUT2D eigenvalue weighted by atomic mass is 79.9. The number of benzene rings is 8. The van der Waals surface area contributed by atoms with Crippen LogP contribution in [0.5, 0.6) is 0 Å². The van der Waals surface area contributed by atoms with Gasteiger partial charge in [0.2, 0.25) is 0 Å². The molecule has 128 heavy (non-hydrogen) atoms. The maximum Gasteiger partial charge on any atom is 0.338 e. The Morgan fingerprint density at radius 1 is 0.398 bits per heavy atom. The molecule has 16 rings (SSSR count). The van der Waals surface area contributed by atoms with Gasteiger partial charge in [-0.1, -0.05) is 135 Å². The number of hydrogen-bond donors (Lipinski definition) is 3. The maximum absolute atomic E-state index is 13.5. The highest BCUT2D eigenvalue weighted by Crippen LogP contribution is 2.37. The number of hydrogen-bond acceptors (Lipinski definition) is 16. The largest absolute Gasteiger partial charge is 0.478 e. The van der Waals surface area contributed by atoms with Gasteiger partial charge in [-0.2, -0.15) is 0 Å². The fraction of sp³-hybridized carbons (Fsp3) is 0.398. The number of pyridine rings is 2. The molecule has 8 heterocycles. The molecule has 10 aromatic rings. The van der Waals surface area contributed by atoms with Crippen LogP contribution >= 0.6 is 62.3 Å². The SMILES string of the molecule is COC(=O)c1cc(Br)c(C)cc1C.COC(=O)c1cc(CC2CCN(c3ccccc3Cl)CC2)c(C)cc1C.Cc1cc(C)c(C(=O)N2CCN(c3ccc(F)cn3)CC2)cc1CC1CCN(c2ccccc2Cl)CC1.Cc1cc(C)c(C(=O)O)cc1CC1CCN(c2ccccc2Cl)CC1.Fc1ccc(N2CCNCC2)nc1.NC1CCN(c2ccccc2Cl)CC1. The molecule has 0 atom stereocenters. The lowest BCUT2D eigenvalue weighted by molar-refractivity contribution is 0.0590. The Hall–Kier alpha value is -9.84. The van der Waals surface area contributed by atoms with Crippen molar-refractivity contribution in [2.45, 2.75) is 132 Å². The highest BCUT2D eigenvalue weighted by Gasteiger charge is 2.30. The second-order valence-electron chi connectivity index (χ2n) is 34.2. The van der Waals surface area contributed by atoms with Crippen molar-refractivity contribution in [2.75, 3.05) is 148 Å². The summed E-state index contributed by atoms with van der Waals surface area (Å²) < 4.78 is 36.3. The van der Waals surface area contributed by atoms with Crippen LogP contribution in [0, 0.1) is 84.8 Å². The minimum Gasteiger partial charge on any atom is -0.478 e. The Bertz CT molecular complexity index is 5360. The molecule has 6 fully saturated rings. The Kier molecular flexibility index (Phi) is 37.2. The number of halogens is 7. The third-order valence-electron chi connectivity index (χ3n) is 25.3. The number of nitrogens with one attached hydrogen (secondary N) is 1. The van der Waals surface area contributed by atoms with Crippen molar-refractivity contribution >= 4 is 121 Å². The Morgan fingerprint density at radius 2 is 0.711 bits per heavy atom. The van der Waals surface area contributed by atoms with Gasteiger partial charge in [0.25, 0.3) is 5.91 Å². The number of nitrogens with zero attached hydrogens (tertiary/aromatic N) is 9. The summed E-state index contributed by atoms with van der Waals surface area (Å²) >= 11 is 28.6. The number of nitrogens with two attached hydrogens (primary N) is 1. The number of carbonyl (C=O) groups excluding carboxylic acids is 3. The van der Waals surface area contributed by atoms with E-state index in [1.807, 2.05) is 137 Å². The van der Waals surface area contributed by atoms with Crippen LogP contribution < -0.4 is 40.4 Å². The molecule has 8 aromatic carbocycles. The lowest BCUT2D eigenvalue weighted by Crippen LogP contribution is -2.49. The second-order valence-corrected chi connectivity index (χ2v) is 36.7. The van der Waals surface area contributed by atoms with Crippen molar-refractivity contribution < 1.29 is 42.5 Å². The van der Waals surface area contributed by atoms with Gasteiger partial charge < -0.3 is 59.9 Å². The molecule has 680 valence electrons. The van der Waals surface area contributed by atoms with E-state index in [-0.39, 0.29) is 29.5 Å². The van der Waals surface area contributed by atoms with Crippen molar-refractivity contribution in [1.82, 2.24) is 20.2 Å². The van der Waals surface area contributed by atoms with Crippen LogP contribution in [0.25, 0.3) is 0 Å². The van der Waals surface area contributed by atoms with Gasteiger partial charge in [0.05, 0.1) is 86.1 Å². The number of anilines is 6. The minimum absolute atomic E-state index is 0.0963. The van der Waals surface area contributed by atoms with Gasteiger partial charge in [0, 0.05) is 121 Å². The zero-order valence-corrected chi connectivity index (χ0v) is 80.0. The van der Waals surface area contributed by atoms with Gasteiger partial charge in [0.1, 0.15) is 23.3 Å². The maximum atomic E-state index is 13.5. The first-order chi connectivity index (χ1) is 61.5. The number of aromatic carboxylic acids is 1. The number of esters is 2. The number of aromatic nitrogens is 2. The van der Waals surface area contributed by atoms with E-state index in [0.29, 0.717) is 66.7 Å². The molecule has 0 aliphatic carbocycles. The molecule has 0 bridgehead atoms. The smallest absolute Gasteiger partial charge is 0.338 e. The topological polar surface area (TPSA) is 193 Å². The summed E-state index contributed by atoms with van der Waals surface area (Å²) in [6, 6.07) is 54.8. The fourth-order valence-corrected chi connectivity index (χ4v) is 19.0. The normalized spacial score (nSPS) is 15.8. The zero-order chi connectivity index (χ0) is 91.7. The number of piperazine rings is 2. The molecule has 0 spiro atoms. The van der Waals surface area contributed by atoms with Gasteiger partial charge in [-0.15, -0.1) is 0 Å². The van der Waals surface area contributed by atoms with Crippen LogP contribution in [0.2, 0.25) is 20.1 Å². The summed E-state index contributed by atoms with van der Waals surface area (Å²) in [5, 5.41) is 15.9. The van der Waals surface area contributed by atoms with Crippen LogP contribution in [0.3, 0.4) is 0 Å². The van der Waals surface area contributed by atoms with E-state index in [1.54, 1.807) is 18.2 Å². The van der Waals surface area contributed by atoms with E-state index in [0.717, 1.165) is 241 Å². The molecule has 4 N–H and O–H groups in total. The number of rotatable bonds is 16. The first-order valence-corrected chi connectivity index (χ1v) is 46.8. The van der Waals surface area contributed by atoms with Crippen LogP contribution in [0.1, 0.15) is 154 Å². The molecule has 18 nitrogen and oxygen atoms in total. The highest BCUT2D eigenvalue weighted by molar-refractivity contribution is 9.10. The molecule has 1 amide bonds. The van der Waals surface area contributed by atoms with Gasteiger partial charge in [-0.05, 0) is 302 Å². The van der Waals surface area contributed by atoms with Crippen molar-refractivity contribution in [3.63, 3.8) is 0 Å². The molecular formula is C103H122BrCl4F2N11O7. The van der Waals surface area contributed by atoms with Gasteiger partial charge in [0.15, 0.2) is 0 Å². The first-order valence-electron chi connectivity index (χ1n) is 44.5. The summed E-state index contributed by atoms with van der Waals surface area (Å²) in [7, 11) is 2.82. The minimum atomic E-state index is -0.840. The van der Waals surface area contributed by atoms with Gasteiger partial charge in [-0.25, -0.2) is 33.1 Å². The van der Waals surface area contributed by atoms with Crippen molar-refractivity contribution in [3.8, 4) is 0 Å². The average molecular weight is 1890 g/mol. The van der Waals surface area contributed by atoms with Gasteiger partial charge >= 0.3 is 17.9 Å². The molecule has 0 radical (unpaired) electrons. The molecule has 6 aliphatic rings. The monoisotopic (exact) mass is 1880 g/mol. The van der Waals surface area contributed by atoms with Crippen LogP contribution in [0.4, 0.5) is 43.2 Å². The predicted molar refractivity (Wildman–Crippen MR) is 524 cm³/mol. The Labute approximate surface area is 783 Å².